The monoisotopic (exact) mass is 436 g/mol. The van der Waals surface area contributed by atoms with Gasteiger partial charge in [-0.2, -0.15) is 4.98 Å². The van der Waals surface area contributed by atoms with E-state index in [2.05, 4.69) is 37.3 Å². The fourth-order valence-electron chi connectivity index (χ4n) is 5.21. The van der Waals surface area contributed by atoms with Crippen LogP contribution in [0.25, 0.3) is 0 Å². The highest BCUT2D eigenvalue weighted by molar-refractivity contribution is 5.92. The van der Waals surface area contributed by atoms with Gasteiger partial charge in [-0.1, -0.05) is 25.1 Å². The molecular formula is C25H36N6O. The van der Waals surface area contributed by atoms with E-state index in [1.807, 2.05) is 23.1 Å². The Kier molecular flexibility index (Phi) is 6.82. The number of fused-ring (bicyclic) bond motifs is 1. The number of hydrogen-bond acceptors (Lipinski definition) is 5. The minimum absolute atomic E-state index is 0.125. The maximum Gasteiger partial charge on any atom is 0.319 e. The molecule has 7 nitrogen and oxygen atoms in total. The number of carbonyl (C=O) groups excluding carboxylic acids is 1. The highest BCUT2D eigenvalue weighted by Gasteiger charge is 2.30. The fraction of sp³-hybridized carbons (Fsp3) is 0.560. The first-order valence-electron chi connectivity index (χ1n) is 12.0. The highest BCUT2D eigenvalue weighted by atomic mass is 16.2. The van der Waals surface area contributed by atoms with Gasteiger partial charge in [-0.15, -0.1) is 0 Å². The van der Waals surface area contributed by atoms with Gasteiger partial charge in [0.15, 0.2) is 0 Å². The van der Waals surface area contributed by atoms with Crippen molar-refractivity contribution in [2.45, 2.75) is 76.8 Å². The van der Waals surface area contributed by atoms with Crippen LogP contribution < -0.4 is 20.9 Å². The van der Waals surface area contributed by atoms with Crippen molar-refractivity contribution in [3.05, 3.63) is 41.1 Å². The molecule has 0 bridgehead atoms. The summed E-state index contributed by atoms with van der Waals surface area (Å²) in [6.45, 7) is 2.11. The summed E-state index contributed by atoms with van der Waals surface area (Å²) in [6, 6.07) is 8.15. The van der Waals surface area contributed by atoms with Gasteiger partial charge < -0.3 is 16.0 Å². The summed E-state index contributed by atoms with van der Waals surface area (Å²) in [5.74, 6) is 1.78. The first-order chi connectivity index (χ1) is 15.5. The quantitative estimate of drug-likeness (QED) is 0.705. The van der Waals surface area contributed by atoms with Crippen molar-refractivity contribution >= 4 is 23.5 Å². The van der Waals surface area contributed by atoms with Crippen LogP contribution in [0.4, 0.5) is 22.2 Å². The summed E-state index contributed by atoms with van der Waals surface area (Å²) >= 11 is 0. The number of aryl methyl sites for hydroxylation is 2. The number of carbonyl (C=O) groups is 1. The lowest BCUT2D eigenvalue weighted by atomic mass is 9.89. The standard InChI is InChI=1S/C25H36N6O/c1-4-17-9-5-8-12-22(17)31(24(26)32)19-15-13-18(14-16-19)27-25-28-21-11-7-6-10-20(21)23(29-25)30(2)3/h5,8-9,12,18-19H,4,6-7,10-11,13-16H2,1-3H3,(H2,26,32)(H,27,28,29)/t18-,19+. The molecule has 2 amide bonds. The normalized spacial score (nSPS) is 20.3. The number of para-hydroxylation sites is 1. The van der Waals surface area contributed by atoms with Crippen LogP contribution in [0.2, 0.25) is 0 Å². The molecule has 3 N–H and O–H groups in total. The van der Waals surface area contributed by atoms with Gasteiger partial charge in [0.25, 0.3) is 0 Å². The summed E-state index contributed by atoms with van der Waals surface area (Å²) in [4.78, 5) is 26.0. The Hall–Kier alpha value is -2.83. The molecule has 0 spiro atoms. The average molecular weight is 437 g/mol. The lowest BCUT2D eigenvalue weighted by Gasteiger charge is -2.37. The molecule has 1 heterocycles. The predicted molar refractivity (Wildman–Crippen MR) is 131 cm³/mol. The van der Waals surface area contributed by atoms with Crippen molar-refractivity contribution in [3.8, 4) is 0 Å². The van der Waals surface area contributed by atoms with Crippen molar-refractivity contribution in [3.63, 3.8) is 0 Å². The maximum absolute atomic E-state index is 12.4. The molecule has 0 unspecified atom stereocenters. The Morgan fingerprint density at radius 1 is 1.09 bits per heavy atom. The molecule has 1 aromatic heterocycles. The predicted octanol–water partition coefficient (Wildman–Crippen LogP) is 4.29. The van der Waals surface area contributed by atoms with E-state index in [1.165, 1.54) is 24.1 Å². The second-order valence-electron chi connectivity index (χ2n) is 9.24. The summed E-state index contributed by atoms with van der Waals surface area (Å²) < 4.78 is 0. The molecule has 1 aromatic carbocycles. The SMILES string of the molecule is CCc1ccccc1N(C(N)=O)[C@H]1CC[C@@H](Nc2nc3c(c(N(C)C)n2)CCCC3)CC1. The minimum Gasteiger partial charge on any atom is -0.362 e. The van der Waals surface area contributed by atoms with Crippen molar-refractivity contribution in [2.24, 2.45) is 5.73 Å². The Morgan fingerprint density at radius 3 is 2.50 bits per heavy atom. The smallest absolute Gasteiger partial charge is 0.319 e. The van der Waals surface area contributed by atoms with Gasteiger partial charge in [0, 0.05) is 37.4 Å². The van der Waals surface area contributed by atoms with Crippen molar-refractivity contribution < 1.29 is 4.79 Å². The molecule has 0 saturated heterocycles. The number of anilines is 3. The van der Waals surface area contributed by atoms with Crippen LogP contribution in [0.15, 0.2) is 24.3 Å². The Balaban J connectivity index is 1.46. The molecular weight excluding hydrogens is 400 g/mol. The molecule has 2 aliphatic carbocycles. The average Bonchev–Trinajstić information content (AvgIpc) is 2.80. The minimum atomic E-state index is -0.365. The number of primary amides is 1. The summed E-state index contributed by atoms with van der Waals surface area (Å²) in [7, 11) is 4.11. The van der Waals surface area contributed by atoms with Crippen LogP contribution in [0.5, 0.6) is 0 Å². The third-order valence-corrected chi connectivity index (χ3v) is 6.85. The number of benzene rings is 1. The number of nitrogens with two attached hydrogens (primary N) is 1. The van der Waals surface area contributed by atoms with Gasteiger partial charge in [-0.05, 0) is 69.4 Å². The second-order valence-corrected chi connectivity index (χ2v) is 9.24. The van der Waals surface area contributed by atoms with Crippen LogP contribution in [-0.4, -0.2) is 42.2 Å². The largest absolute Gasteiger partial charge is 0.362 e. The van der Waals surface area contributed by atoms with E-state index >= 15 is 0 Å². The Morgan fingerprint density at radius 2 is 1.81 bits per heavy atom. The fourth-order valence-corrected chi connectivity index (χ4v) is 5.21. The zero-order valence-corrected chi connectivity index (χ0v) is 19.6. The second kappa shape index (κ2) is 9.76. The molecule has 7 heteroatoms. The van der Waals surface area contributed by atoms with E-state index < -0.39 is 0 Å². The van der Waals surface area contributed by atoms with E-state index in [0.717, 1.165) is 68.0 Å². The summed E-state index contributed by atoms with van der Waals surface area (Å²) in [6.07, 6.45) is 9.12. The number of hydrogen-bond donors (Lipinski definition) is 2. The van der Waals surface area contributed by atoms with Crippen LogP contribution in [0.3, 0.4) is 0 Å². The third-order valence-electron chi connectivity index (χ3n) is 6.85. The Labute approximate surface area is 191 Å². The van der Waals surface area contributed by atoms with E-state index in [-0.39, 0.29) is 12.1 Å². The number of aromatic nitrogens is 2. The number of nitrogens with one attached hydrogen (secondary N) is 1. The molecule has 0 radical (unpaired) electrons. The van der Waals surface area contributed by atoms with Crippen LogP contribution >= 0.6 is 0 Å². The number of nitrogens with zero attached hydrogens (tertiary/aromatic N) is 4. The zero-order valence-electron chi connectivity index (χ0n) is 19.6. The van der Waals surface area contributed by atoms with Crippen LogP contribution in [0.1, 0.15) is 62.3 Å². The van der Waals surface area contributed by atoms with E-state index in [9.17, 15) is 4.79 Å². The first kappa shape index (κ1) is 22.4. The zero-order chi connectivity index (χ0) is 22.7. The van der Waals surface area contributed by atoms with Crippen molar-refractivity contribution in [1.82, 2.24) is 9.97 Å². The van der Waals surface area contributed by atoms with Crippen LogP contribution in [0, 0.1) is 0 Å². The summed E-state index contributed by atoms with van der Waals surface area (Å²) in [5, 5.41) is 3.59. The molecule has 32 heavy (non-hydrogen) atoms. The van der Waals surface area contributed by atoms with Gasteiger partial charge in [-0.25, -0.2) is 9.78 Å². The molecule has 172 valence electrons. The number of amides is 2. The molecule has 2 aromatic rings. The summed E-state index contributed by atoms with van der Waals surface area (Å²) in [5.41, 5.74) is 10.5. The molecule has 0 atom stereocenters. The van der Waals surface area contributed by atoms with E-state index in [0.29, 0.717) is 6.04 Å². The van der Waals surface area contributed by atoms with Gasteiger partial charge >= 0.3 is 6.03 Å². The van der Waals surface area contributed by atoms with Gasteiger partial charge in [0.1, 0.15) is 5.82 Å². The maximum atomic E-state index is 12.4. The molecule has 4 rings (SSSR count). The lowest BCUT2D eigenvalue weighted by Crippen LogP contribution is -2.47. The first-order valence-corrected chi connectivity index (χ1v) is 12.0. The number of rotatable bonds is 6. The van der Waals surface area contributed by atoms with Gasteiger partial charge in [0.2, 0.25) is 5.95 Å². The van der Waals surface area contributed by atoms with E-state index in [1.54, 1.807) is 0 Å². The molecule has 2 aliphatic rings. The molecule has 0 aliphatic heterocycles. The Bertz CT molecular complexity index is 951. The van der Waals surface area contributed by atoms with Gasteiger partial charge in [0.05, 0.1) is 5.69 Å². The lowest BCUT2D eigenvalue weighted by molar-refractivity contribution is 0.248. The molecule has 1 saturated carbocycles. The number of urea groups is 1. The molecule has 1 fully saturated rings. The topological polar surface area (TPSA) is 87.4 Å². The van der Waals surface area contributed by atoms with Crippen LogP contribution in [-0.2, 0) is 19.3 Å². The van der Waals surface area contributed by atoms with Crippen molar-refractivity contribution in [2.75, 3.05) is 29.2 Å². The highest BCUT2D eigenvalue weighted by Crippen LogP contribution is 2.32. The third kappa shape index (κ3) is 4.66. The van der Waals surface area contributed by atoms with Crippen molar-refractivity contribution in [1.29, 1.82) is 0 Å². The van der Waals surface area contributed by atoms with Gasteiger partial charge in [-0.3, -0.25) is 4.90 Å². The van der Waals surface area contributed by atoms with E-state index in [4.69, 9.17) is 15.7 Å².